The third kappa shape index (κ3) is 7.29. The third-order valence-corrected chi connectivity index (χ3v) is 9.90. The molecule has 5 rings (SSSR count). The molecule has 3 amide bonds. The molecule has 20 heteroatoms. The number of hydrogen-bond acceptors (Lipinski definition) is 14. The molecule has 3 aromatic rings. The fourth-order valence-corrected chi connectivity index (χ4v) is 7.51. The zero-order chi connectivity index (χ0) is 34.7. The lowest BCUT2D eigenvalue weighted by molar-refractivity contribution is -0.642. The number of thiazole rings is 1. The Bertz CT molecular complexity index is 1860. The van der Waals surface area contributed by atoms with Gasteiger partial charge in [0.15, 0.2) is 22.3 Å². The summed E-state index contributed by atoms with van der Waals surface area (Å²) in [6.07, 6.45) is 1.45. The summed E-state index contributed by atoms with van der Waals surface area (Å²) in [6.45, 7) is 1.38. The largest absolute Gasteiger partial charge is 0.504 e. The van der Waals surface area contributed by atoms with Gasteiger partial charge in [-0.25, -0.2) is 14.6 Å². The quantitative estimate of drug-likeness (QED) is 0.0338. The molecule has 2 aliphatic heterocycles. The topological polar surface area (TPSA) is 258 Å². The summed E-state index contributed by atoms with van der Waals surface area (Å²) in [5, 5.41) is 46.0. The number of nitrogens with two attached hydrogens (primary N) is 1. The maximum Gasteiger partial charge on any atom is 0.352 e. The van der Waals surface area contributed by atoms with Gasteiger partial charge in [0, 0.05) is 46.4 Å². The van der Waals surface area contributed by atoms with Crippen molar-refractivity contribution in [2.75, 3.05) is 22.7 Å². The van der Waals surface area contributed by atoms with Crippen LogP contribution in [0.4, 0.5) is 5.13 Å². The number of fused-ring (bicyclic) bond motifs is 1. The number of carboxylic acid groups (broad SMARTS) is 2. The average Bonchev–Trinajstić information content (AvgIpc) is 3.47. The molecule has 1 aromatic carbocycles. The molecule has 2 aromatic heterocycles. The average molecular weight is 717 g/mol. The minimum Gasteiger partial charge on any atom is -0.504 e. The van der Waals surface area contributed by atoms with E-state index in [2.05, 4.69) is 20.9 Å². The van der Waals surface area contributed by atoms with Crippen molar-refractivity contribution in [1.82, 2.24) is 15.2 Å². The van der Waals surface area contributed by atoms with E-state index in [9.17, 15) is 44.4 Å². The van der Waals surface area contributed by atoms with Gasteiger partial charge in [-0.3, -0.25) is 19.3 Å². The molecule has 17 nitrogen and oxygen atoms in total. The third-order valence-electron chi connectivity index (χ3n) is 6.79. The second-order valence-corrected chi connectivity index (χ2v) is 13.1. The van der Waals surface area contributed by atoms with Gasteiger partial charge in [-0.2, -0.15) is 0 Å². The van der Waals surface area contributed by atoms with Crippen molar-refractivity contribution in [1.29, 1.82) is 0 Å². The number of thioether (sulfide) groups is 2. The van der Waals surface area contributed by atoms with Crippen molar-refractivity contribution in [3.05, 3.63) is 70.6 Å². The summed E-state index contributed by atoms with van der Waals surface area (Å²) in [7, 11) is 0. The fraction of sp³-hybridized carbons (Fsp3) is 0.214. The summed E-state index contributed by atoms with van der Waals surface area (Å²) >= 11 is 3.56. The number of benzene rings is 1. The molecule has 0 saturated carbocycles. The number of aliphatic carboxylic acids is 2. The van der Waals surface area contributed by atoms with Crippen molar-refractivity contribution in [2.24, 2.45) is 5.16 Å². The van der Waals surface area contributed by atoms with Crippen LogP contribution in [0.5, 0.6) is 11.5 Å². The molecular weight excluding hydrogens is 691 g/mol. The van der Waals surface area contributed by atoms with E-state index in [4.69, 9.17) is 10.6 Å². The number of rotatable bonds is 12. The Kier molecular flexibility index (Phi) is 10.1. The Morgan fingerprint density at radius 1 is 1.19 bits per heavy atom. The predicted octanol–water partition coefficient (Wildman–Crippen LogP) is 0.592. The van der Waals surface area contributed by atoms with E-state index in [1.54, 1.807) is 24.5 Å². The molecule has 1 fully saturated rings. The van der Waals surface area contributed by atoms with Gasteiger partial charge >= 0.3 is 11.9 Å². The van der Waals surface area contributed by atoms with Gasteiger partial charge in [0.2, 0.25) is 18.5 Å². The van der Waals surface area contributed by atoms with Crippen LogP contribution in [0, 0.1) is 0 Å². The minimum absolute atomic E-state index is 0.0570. The number of carboxylic acids is 2. The van der Waals surface area contributed by atoms with E-state index >= 15 is 0 Å². The number of aromatic nitrogens is 2. The van der Waals surface area contributed by atoms with Crippen LogP contribution < -0.4 is 21.2 Å². The van der Waals surface area contributed by atoms with E-state index < -0.39 is 58.5 Å². The zero-order valence-corrected chi connectivity index (χ0v) is 27.0. The molecule has 0 radical (unpaired) electrons. The molecule has 0 unspecified atom stereocenters. The van der Waals surface area contributed by atoms with Crippen LogP contribution in [0.2, 0.25) is 0 Å². The predicted molar refractivity (Wildman–Crippen MR) is 171 cm³/mol. The number of oxime groups is 1. The van der Waals surface area contributed by atoms with Crippen LogP contribution in [0.3, 0.4) is 0 Å². The number of nitrogens with one attached hydrogen (secondary N) is 2. The molecule has 250 valence electrons. The van der Waals surface area contributed by atoms with Crippen molar-refractivity contribution < 1.29 is 53.9 Å². The van der Waals surface area contributed by atoms with E-state index in [0.717, 1.165) is 33.3 Å². The lowest BCUT2D eigenvalue weighted by Crippen LogP contribution is -2.71. The van der Waals surface area contributed by atoms with Gasteiger partial charge in [-0.05, 0) is 17.7 Å². The molecule has 1 saturated heterocycles. The number of nitrogens with zero attached hydrogens (tertiary/aromatic N) is 4. The van der Waals surface area contributed by atoms with Gasteiger partial charge < -0.3 is 36.3 Å². The number of aromatic hydroxyl groups is 2. The van der Waals surface area contributed by atoms with Gasteiger partial charge in [0.05, 0.1) is 0 Å². The number of β-lactam (4-membered cyclic amide) rings is 1. The highest BCUT2D eigenvalue weighted by Gasteiger charge is 2.54. The van der Waals surface area contributed by atoms with Crippen molar-refractivity contribution in [3.63, 3.8) is 0 Å². The highest BCUT2D eigenvalue weighted by atomic mass is 32.2. The monoisotopic (exact) mass is 716 g/mol. The Morgan fingerprint density at radius 2 is 1.92 bits per heavy atom. The minimum atomic E-state index is -1.82. The maximum atomic E-state index is 13.5. The Morgan fingerprint density at radius 3 is 2.52 bits per heavy atom. The second-order valence-electron chi connectivity index (χ2n) is 10.1. The number of anilines is 1. The number of nitrogen functional groups attached to an aromatic ring is 1. The fourth-order valence-electron chi connectivity index (χ4n) is 4.60. The second kappa shape index (κ2) is 14.2. The van der Waals surface area contributed by atoms with Crippen LogP contribution >= 0.6 is 34.9 Å². The van der Waals surface area contributed by atoms with Gasteiger partial charge in [0.1, 0.15) is 22.8 Å². The number of hydrogen-bond donors (Lipinski definition) is 7. The molecule has 0 aliphatic carbocycles. The van der Waals surface area contributed by atoms with E-state index in [0.29, 0.717) is 5.57 Å². The lowest BCUT2D eigenvalue weighted by Gasteiger charge is -2.49. The first-order chi connectivity index (χ1) is 22.8. The summed E-state index contributed by atoms with van der Waals surface area (Å²) in [5.74, 6) is -5.34. The van der Waals surface area contributed by atoms with Gasteiger partial charge in [-0.15, -0.1) is 40.3 Å². The first-order valence-corrected chi connectivity index (χ1v) is 16.6. The standard InChI is InChI=1S/C28H25N7O10S3/c1-12(36)32-34-6-4-15(5-7-34)46-9-14-10-47-25-20(24(40)35(25)21(14)26(41)42)31-23(39)19(16-11-48-28(29)30-16)33-45-22(27(43)44)13-2-3-17(37)18(38)8-13/h2-8,11,20,22,25H,9-10H2,1H3,(H7-,29,30,31,32,33,36,37,38,39,41,42,43,44)/p+1/t20-,22+,25-/m1/s1. The summed E-state index contributed by atoms with van der Waals surface area (Å²) in [4.78, 5) is 73.4. The van der Waals surface area contributed by atoms with E-state index in [-0.39, 0.29) is 39.5 Å². The van der Waals surface area contributed by atoms with Crippen LogP contribution in [0.25, 0.3) is 0 Å². The molecule has 3 atom stereocenters. The summed E-state index contributed by atoms with van der Waals surface area (Å²) in [5.41, 5.74) is 7.92. The van der Waals surface area contributed by atoms with Crippen LogP contribution in [0.1, 0.15) is 24.3 Å². The van der Waals surface area contributed by atoms with Gasteiger partial charge in [-0.1, -0.05) is 15.9 Å². The molecule has 4 heterocycles. The molecule has 48 heavy (non-hydrogen) atoms. The van der Waals surface area contributed by atoms with Crippen LogP contribution in [0.15, 0.2) is 69.4 Å². The first kappa shape index (κ1) is 34.0. The van der Waals surface area contributed by atoms with E-state index in [1.807, 2.05) is 0 Å². The number of carbonyl (C=O) groups is 5. The molecule has 0 spiro atoms. The van der Waals surface area contributed by atoms with Crippen LogP contribution in [-0.2, 0) is 28.8 Å². The number of pyridine rings is 1. The van der Waals surface area contributed by atoms with Crippen molar-refractivity contribution in [3.8, 4) is 11.5 Å². The number of amides is 3. The highest BCUT2D eigenvalue weighted by molar-refractivity contribution is 8.01. The molecule has 2 aliphatic rings. The summed E-state index contributed by atoms with van der Waals surface area (Å²) < 4.78 is 1.47. The van der Waals surface area contributed by atoms with E-state index in [1.165, 1.54) is 46.6 Å². The van der Waals surface area contributed by atoms with Crippen LogP contribution in [-0.4, -0.2) is 88.6 Å². The number of phenols is 2. The first-order valence-electron chi connectivity index (χ1n) is 13.7. The van der Waals surface area contributed by atoms with Crippen molar-refractivity contribution >= 4 is 75.4 Å². The SMILES string of the molecule is CC(=O)N[n+]1ccc(SCC2=C(C(=O)O)N3C(=O)[C@@H](NC(=O)/C(=N\O[C@H](C(=O)O)c4ccc(O)c(O)c4)c4csc(N)n4)[C@H]3SC2)cc1. The smallest absolute Gasteiger partial charge is 0.352 e. The van der Waals surface area contributed by atoms with Crippen molar-refractivity contribution in [2.45, 2.75) is 29.3 Å². The Hall–Kier alpha value is -5.34. The van der Waals surface area contributed by atoms with Gasteiger partial charge in [0.25, 0.3) is 17.7 Å². The lowest BCUT2D eigenvalue weighted by atomic mass is 10.0. The zero-order valence-electron chi connectivity index (χ0n) is 24.6. The molecule has 8 N–H and O–H groups in total. The normalized spacial score (nSPS) is 18.0. The number of carbonyl (C=O) groups excluding carboxylic acids is 3. The Balaban J connectivity index is 1.32. The maximum absolute atomic E-state index is 13.5. The molecular formula is C28H26N7O10S3+. The molecule has 0 bridgehead atoms. The number of phenolic OH excluding ortho intramolecular Hbond substituents is 2. The summed E-state index contributed by atoms with van der Waals surface area (Å²) in [6, 6.07) is 5.51. The Labute approximate surface area is 283 Å². The highest BCUT2D eigenvalue weighted by Crippen LogP contribution is 2.41.